The molecule has 1 aromatic carbocycles. The molecule has 1 unspecified atom stereocenters. The lowest BCUT2D eigenvalue weighted by atomic mass is 9.89. The number of aromatic nitrogens is 8. The Bertz CT molecular complexity index is 2700. The van der Waals surface area contributed by atoms with Gasteiger partial charge in [-0.25, -0.2) is 14.1 Å². The number of carbonyl (C=O) groups excluding carboxylic acids is 2. The van der Waals surface area contributed by atoms with Crippen molar-refractivity contribution in [2.75, 3.05) is 6.54 Å². The van der Waals surface area contributed by atoms with Crippen molar-refractivity contribution in [3.8, 4) is 28.6 Å². The first kappa shape index (κ1) is 39.5. The molecule has 5 aromatic heterocycles. The zero-order chi connectivity index (χ0) is 41.8. The van der Waals surface area contributed by atoms with Gasteiger partial charge in [0, 0.05) is 62.0 Å². The molecule has 1 aliphatic rings. The molecule has 1 N–H and O–H groups in total. The molecular weight excluding hydrogens is 772 g/mol. The zero-order valence-electron chi connectivity index (χ0n) is 31.2. The fourth-order valence-corrected chi connectivity index (χ4v) is 7.12. The number of carbonyl (C=O) groups is 2. The first-order valence-corrected chi connectivity index (χ1v) is 17.7. The van der Waals surface area contributed by atoms with E-state index < -0.39 is 53.2 Å². The maximum atomic E-state index is 15.8. The van der Waals surface area contributed by atoms with Gasteiger partial charge in [-0.05, 0) is 61.7 Å². The van der Waals surface area contributed by atoms with Crippen LogP contribution in [-0.4, -0.2) is 73.7 Å². The summed E-state index contributed by atoms with van der Waals surface area (Å²) in [4.78, 5) is 46.5. The van der Waals surface area contributed by atoms with Gasteiger partial charge in [0.2, 0.25) is 11.5 Å². The Labute approximate surface area is 324 Å². The van der Waals surface area contributed by atoms with Gasteiger partial charge >= 0.3 is 12.7 Å². The molecule has 1 atom stereocenters. The van der Waals surface area contributed by atoms with E-state index in [4.69, 9.17) is 0 Å². The smallest absolute Gasteiger partial charge is 0.348 e. The largest absolute Gasteiger partial charge is 0.435 e. The van der Waals surface area contributed by atoms with Crippen LogP contribution < -0.4 is 10.9 Å². The Morgan fingerprint density at radius 3 is 2.47 bits per heavy atom. The lowest BCUT2D eigenvalue weighted by molar-refractivity contribution is -0.141. The van der Waals surface area contributed by atoms with Crippen molar-refractivity contribution >= 4 is 22.8 Å². The van der Waals surface area contributed by atoms with E-state index in [0.717, 1.165) is 34.1 Å². The maximum absolute atomic E-state index is 15.8. The Hall–Kier alpha value is -6.78. The van der Waals surface area contributed by atoms with Crippen LogP contribution in [0.25, 0.3) is 33.5 Å². The standard InChI is InChI=1S/C38H33F6N11O3/c1-37(2,19-55-27(13-29(50-55)38(42,43)44)21-5-8-30(56)51(3)18-21)49-34(57)28(11-20-15-47-54(17-20)36(40)41)53-10-9-24-25(6-7-26(39)31(24)35(53)58)32-22(14-45)12-23-16-46-52(4)33(23)48-32/h5-8,12-13,15-18,28,36H,9-11,19H2,1-4H3,(H,49,57). The second-order valence-corrected chi connectivity index (χ2v) is 14.5. The van der Waals surface area contributed by atoms with Gasteiger partial charge in [0.1, 0.15) is 17.9 Å². The molecule has 20 heteroatoms. The highest BCUT2D eigenvalue weighted by Gasteiger charge is 2.40. The summed E-state index contributed by atoms with van der Waals surface area (Å²) in [5.74, 6) is -2.65. The number of amides is 2. The maximum Gasteiger partial charge on any atom is 0.435 e. The van der Waals surface area contributed by atoms with Gasteiger partial charge in [-0.15, -0.1) is 0 Å². The first-order chi connectivity index (χ1) is 27.3. The van der Waals surface area contributed by atoms with Crippen LogP contribution in [0.1, 0.15) is 53.1 Å². The van der Waals surface area contributed by atoms with E-state index in [1.165, 1.54) is 60.7 Å². The third-order valence-electron chi connectivity index (χ3n) is 9.84. The molecular formula is C38H33F6N11O3. The molecule has 0 bridgehead atoms. The summed E-state index contributed by atoms with van der Waals surface area (Å²) in [6.45, 7) is -0.495. The predicted molar refractivity (Wildman–Crippen MR) is 194 cm³/mol. The van der Waals surface area contributed by atoms with Crippen LogP contribution >= 0.6 is 0 Å². The van der Waals surface area contributed by atoms with Crippen molar-refractivity contribution in [2.45, 2.75) is 57.5 Å². The van der Waals surface area contributed by atoms with Gasteiger partial charge in [-0.1, -0.05) is 0 Å². The monoisotopic (exact) mass is 805 g/mol. The van der Waals surface area contributed by atoms with Gasteiger partial charge in [-0.2, -0.15) is 42.5 Å². The topological polar surface area (TPSA) is 162 Å². The second kappa shape index (κ2) is 14.6. The molecule has 14 nitrogen and oxygen atoms in total. The molecule has 6 heterocycles. The van der Waals surface area contributed by atoms with E-state index in [0.29, 0.717) is 21.3 Å². The molecule has 58 heavy (non-hydrogen) atoms. The summed E-state index contributed by atoms with van der Waals surface area (Å²) in [6, 6.07) is 8.03. The van der Waals surface area contributed by atoms with E-state index >= 15 is 4.39 Å². The Balaban J connectivity index is 1.24. The van der Waals surface area contributed by atoms with Crippen LogP contribution in [0.15, 0.2) is 66.0 Å². The predicted octanol–water partition coefficient (Wildman–Crippen LogP) is 5.02. The molecule has 0 saturated heterocycles. The third kappa shape index (κ3) is 7.42. The van der Waals surface area contributed by atoms with E-state index in [2.05, 4.69) is 31.7 Å². The average Bonchev–Trinajstić information content (AvgIpc) is 3.90. The minimum Gasteiger partial charge on any atom is -0.348 e. The fraction of sp³-hybridized carbons (Fsp3) is 0.316. The van der Waals surface area contributed by atoms with Gasteiger partial charge in [0.05, 0.1) is 47.0 Å². The SMILES string of the molecule is Cn1cc(-c2cc(C(F)(F)F)nn2CC(C)(C)NC(=O)C(Cc2cnn(C(F)F)c2)N2CCc3c(-c4nc5c(cnn5C)cc4C#N)ccc(F)c3C2=O)ccc1=O. The highest BCUT2D eigenvalue weighted by atomic mass is 19.4. The van der Waals surface area contributed by atoms with Crippen molar-refractivity contribution in [3.05, 3.63) is 105 Å². The van der Waals surface area contributed by atoms with Gasteiger partial charge < -0.3 is 14.8 Å². The molecule has 0 aliphatic carbocycles. The normalized spacial score (nSPS) is 13.9. The minimum atomic E-state index is -4.83. The number of aryl methyl sites for hydroxylation is 2. The molecule has 2 amide bonds. The summed E-state index contributed by atoms with van der Waals surface area (Å²) in [5.41, 5.74) is -1.68. The number of fused-ring (bicyclic) bond motifs is 2. The highest BCUT2D eigenvalue weighted by Crippen LogP contribution is 2.36. The number of rotatable bonds is 10. The Kier molecular flexibility index (Phi) is 9.95. The number of halogens is 6. The van der Waals surface area contributed by atoms with Gasteiger partial charge in [0.15, 0.2) is 11.3 Å². The minimum absolute atomic E-state index is 0.00751. The van der Waals surface area contributed by atoms with Crippen molar-refractivity contribution in [3.63, 3.8) is 0 Å². The number of nitrogens with one attached hydrogen (secondary N) is 1. The van der Waals surface area contributed by atoms with E-state index in [-0.39, 0.29) is 65.1 Å². The number of pyridine rings is 2. The molecule has 6 aromatic rings. The lowest BCUT2D eigenvalue weighted by Gasteiger charge is -2.37. The summed E-state index contributed by atoms with van der Waals surface area (Å²) >= 11 is 0. The van der Waals surface area contributed by atoms with Gasteiger partial charge in [0.25, 0.3) is 5.91 Å². The van der Waals surface area contributed by atoms with Crippen LogP contribution in [0.5, 0.6) is 0 Å². The Morgan fingerprint density at radius 1 is 1.03 bits per heavy atom. The van der Waals surface area contributed by atoms with Crippen LogP contribution in [0, 0.1) is 17.1 Å². The number of benzene rings is 1. The first-order valence-electron chi connectivity index (χ1n) is 17.7. The zero-order valence-corrected chi connectivity index (χ0v) is 31.2. The molecule has 0 radical (unpaired) electrons. The molecule has 1 aliphatic heterocycles. The van der Waals surface area contributed by atoms with Gasteiger partial charge in [-0.3, -0.25) is 23.7 Å². The number of nitrogens with zero attached hydrogens (tertiary/aromatic N) is 10. The lowest BCUT2D eigenvalue weighted by Crippen LogP contribution is -2.58. The van der Waals surface area contributed by atoms with E-state index in [1.54, 1.807) is 13.1 Å². The van der Waals surface area contributed by atoms with E-state index in [9.17, 15) is 41.6 Å². The Morgan fingerprint density at radius 2 is 1.79 bits per heavy atom. The fourth-order valence-electron chi connectivity index (χ4n) is 7.12. The van der Waals surface area contributed by atoms with Crippen LogP contribution in [0.3, 0.4) is 0 Å². The third-order valence-corrected chi connectivity index (χ3v) is 9.84. The number of hydrogen-bond acceptors (Lipinski definition) is 8. The number of alkyl halides is 5. The molecule has 0 fully saturated rings. The summed E-state index contributed by atoms with van der Waals surface area (Å²) < 4.78 is 88.6. The quantitative estimate of drug-likeness (QED) is 0.189. The molecule has 7 rings (SSSR count). The number of nitriles is 1. The van der Waals surface area contributed by atoms with Crippen molar-refractivity contribution in [1.82, 2.24) is 49.1 Å². The van der Waals surface area contributed by atoms with Crippen LogP contribution in [0.4, 0.5) is 26.3 Å². The number of hydrogen-bond donors (Lipinski definition) is 1. The van der Waals surface area contributed by atoms with Crippen LogP contribution in [-0.2, 0) is 44.5 Å². The average molecular weight is 806 g/mol. The summed E-state index contributed by atoms with van der Waals surface area (Å²) in [6.07, 6.45) is -0.211. The van der Waals surface area contributed by atoms with Crippen molar-refractivity contribution in [2.24, 2.45) is 14.1 Å². The summed E-state index contributed by atoms with van der Waals surface area (Å²) in [5, 5.41) is 24.9. The van der Waals surface area contributed by atoms with E-state index in [1.807, 2.05) is 0 Å². The molecule has 0 spiro atoms. The molecule has 0 saturated carbocycles. The highest BCUT2D eigenvalue weighted by molar-refractivity contribution is 6.02. The second-order valence-electron chi connectivity index (χ2n) is 14.5. The molecule has 300 valence electrons. The van der Waals surface area contributed by atoms with Crippen molar-refractivity contribution < 1.29 is 35.9 Å². The van der Waals surface area contributed by atoms with Crippen LogP contribution in [0.2, 0.25) is 0 Å². The summed E-state index contributed by atoms with van der Waals surface area (Å²) in [7, 11) is 3.09. The van der Waals surface area contributed by atoms with Crippen molar-refractivity contribution in [1.29, 1.82) is 5.26 Å².